The van der Waals surface area contributed by atoms with Crippen LogP contribution in [0, 0.1) is 5.92 Å². The molecule has 0 radical (unpaired) electrons. The summed E-state index contributed by atoms with van der Waals surface area (Å²) in [6.45, 7) is 1.66. The van der Waals surface area contributed by atoms with Crippen LogP contribution in [-0.4, -0.2) is 54.0 Å². The number of amides is 3. The molecule has 2 fully saturated rings. The molecule has 3 heterocycles. The molecule has 2 aliphatic rings. The number of nitrogens with zero attached hydrogens (tertiary/aromatic N) is 3. The summed E-state index contributed by atoms with van der Waals surface area (Å²) < 4.78 is 40.2. The van der Waals surface area contributed by atoms with E-state index < -0.39 is 17.7 Å². The molecule has 1 aromatic heterocycles. The summed E-state index contributed by atoms with van der Waals surface area (Å²) in [5.41, 5.74) is -0.0522. The zero-order valence-corrected chi connectivity index (χ0v) is 18.7. The van der Waals surface area contributed by atoms with Gasteiger partial charge in [0.1, 0.15) is 5.82 Å². The highest BCUT2D eigenvalue weighted by molar-refractivity contribution is 5.89. The second-order valence-electron chi connectivity index (χ2n) is 8.72. The molecule has 182 valence electrons. The first kappa shape index (κ1) is 23.8. The minimum Gasteiger partial charge on any atom is -0.355 e. The number of hydrogen-bond acceptors (Lipinski definition) is 4. The van der Waals surface area contributed by atoms with Crippen molar-refractivity contribution in [3.05, 3.63) is 54.2 Å². The summed E-state index contributed by atoms with van der Waals surface area (Å²) in [6, 6.07) is 11.3. The molecular weight excluding hydrogens is 447 g/mol. The number of piperidine rings is 2. The number of likely N-dealkylation sites (tertiary alicyclic amines) is 1. The summed E-state index contributed by atoms with van der Waals surface area (Å²) in [4.78, 5) is 32.6. The number of urea groups is 1. The van der Waals surface area contributed by atoms with Crippen molar-refractivity contribution in [2.45, 2.75) is 37.9 Å². The molecule has 34 heavy (non-hydrogen) atoms. The number of carbonyl (C=O) groups excluding carboxylic acids is 2. The number of hydrogen-bond donors (Lipinski definition) is 2. The van der Waals surface area contributed by atoms with Crippen molar-refractivity contribution in [3.8, 4) is 0 Å². The van der Waals surface area contributed by atoms with Crippen LogP contribution < -0.4 is 15.5 Å². The van der Waals surface area contributed by atoms with Gasteiger partial charge < -0.3 is 20.4 Å². The Balaban J connectivity index is 1.29. The van der Waals surface area contributed by atoms with E-state index in [1.54, 1.807) is 9.80 Å². The van der Waals surface area contributed by atoms with Gasteiger partial charge in [0, 0.05) is 44.1 Å². The van der Waals surface area contributed by atoms with Crippen LogP contribution in [-0.2, 0) is 11.0 Å². The quantitative estimate of drug-likeness (QED) is 0.697. The standard InChI is InChI=1S/C24H28F3N5O2/c25-24(26,27)20-9-4-12-28-21(20)32-13-5-6-17(16-32)22(33)29-19-10-14-31(15-11-19)23(34)30-18-7-2-1-3-8-18/h1-4,7-9,12,17,19H,5-6,10-11,13-16H2,(H,29,33)(H,30,34). The lowest BCUT2D eigenvalue weighted by Gasteiger charge is -2.36. The van der Waals surface area contributed by atoms with Crippen LogP contribution in [0.5, 0.6) is 0 Å². The lowest BCUT2D eigenvalue weighted by Crippen LogP contribution is -2.51. The summed E-state index contributed by atoms with van der Waals surface area (Å²) in [7, 11) is 0. The first-order chi connectivity index (χ1) is 16.3. The molecule has 1 atom stereocenters. The molecule has 1 unspecified atom stereocenters. The fraction of sp³-hybridized carbons (Fsp3) is 0.458. The van der Waals surface area contributed by atoms with Gasteiger partial charge in [0.2, 0.25) is 5.91 Å². The molecule has 2 aliphatic heterocycles. The van der Waals surface area contributed by atoms with E-state index in [1.165, 1.54) is 12.3 Å². The zero-order valence-electron chi connectivity index (χ0n) is 18.7. The highest BCUT2D eigenvalue weighted by Crippen LogP contribution is 2.36. The first-order valence-electron chi connectivity index (χ1n) is 11.5. The Morgan fingerprint density at radius 2 is 1.71 bits per heavy atom. The molecule has 0 aliphatic carbocycles. The van der Waals surface area contributed by atoms with E-state index in [0.717, 1.165) is 11.8 Å². The molecule has 2 N–H and O–H groups in total. The Labute approximate surface area is 196 Å². The predicted molar refractivity (Wildman–Crippen MR) is 122 cm³/mol. The van der Waals surface area contributed by atoms with E-state index in [-0.39, 0.29) is 30.3 Å². The molecule has 10 heteroatoms. The van der Waals surface area contributed by atoms with E-state index in [2.05, 4.69) is 15.6 Å². The molecular formula is C24H28F3N5O2. The third-order valence-corrected chi connectivity index (χ3v) is 6.34. The lowest BCUT2D eigenvalue weighted by molar-refractivity contribution is -0.137. The number of para-hydroxylation sites is 1. The maximum atomic E-state index is 13.4. The maximum Gasteiger partial charge on any atom is 0.419 e. The monoisotopic (exact) mass is 475 g/mol. The Hall–Kier alpha value is -3.30. The van der Waals surface area contributed by atoms with Crippen LogP contribution in [0.25, 0.3) is 0 Å². The van der Waals surface area contributed by atoms with E-state index >= 15 is 0 Å². The topological polar surface area (TPSA) is 77.6 Å². The molecule has 4 rings (SSSR count). The molecule has 3 amide bonds. The largest absolute Gasteiger partial charge is 0.419 e. The van der Waals surface area contributed by atoms with Crippen LogP contribution in [0.4, 0.5) is 29.5 Å². The Morgan fingerprint density at radius 3 is 2.41 bits per heavy atom. The van der Waals surface area contributed by atoms with Gasteiger partial charge in [0.05, 0.1) is 11.5 Å². The van der Waals surface area contributed by atoms with Crippen molar-refractivity contribution >= 4 is 23.4 Å². The number of benzene rings is 1. The summed E-state index contributed by atoms with van der Waals surface area (Å²) in [5.74, 6) is -0.678. The summed E-state index contributed by atoms with van der Waals surface area (Å²) >= 11 is 0. The summed E-state index contributed by atoms with van der Waals surface area (Å²) in [5, 5.41) is 5.91. The smallest absolute Gasteiger partial charge is 0.355 e. The number of anilines is 2. The third kappa shape index (κ3) is 5.78. The number of alkyl halides is 3. The van der Waals surface area contributed by atoms with E-state index in [0.29, 0.717) is 45.3 Å². The highest BCUT2D eigenvalue weighted by atomic mass is 19.4. The molecule has 2 saturated heterocycles. The maximum absolute atomic E-state index is 13.4. The second-order valence-corrected chi connectivity index (χ2v) is 8.72. The molecule has 0 saturated carbocycles. The molecule has 2 aromatic rings. The Bertz CT molecular complexity index is 994. The lowest BCUT2D eigenvalue weighted by atomic mass is 9.95. The SMILES string of the molecule is O=C(NC1CCN(C(=O)Nc2ccccc2)CC1)C1CCCN(c2ncccc2C(F)(F)F)C1. The number of carbonyl (C=O) groups is 2. The van der Waals surface area contributed by atoms with Crippen molar-refractivity contribution < 1.29 is 22.8 Å². The zero-order chi connectivity index (χ0) is 24.1. The average Bonchev–Trinajstić information content (AvgIpc) is 2.84. The Kier molecular flexibility index (Phi) is 7.23. The van der Waals surface area contributed by atoms with Gasteiger partial charge in [-0.1, -0.05) is 18.2 Å². The van der Waals surface area contributed by atoms with Gasteiger partial charge in [-0.2, -0.15) is 13.2 Å². The first-order valence-corrected chi connectivity index (χ1v) is 11.5. The van der Waals surface area contributed by atoms with Crippen LogP contribution in [0.1, 0.15) is 31.2 Å². The van der Waals surface area contributed by atoms with Gasteiger partial charge >= 0.3 is 12.2 Å². The third-order valence-electron chi connectivity index (χ3n) is 6.34. The van der Waals surface area contributed by atoms with Gasteiger partial charge in [0.25, 0.3) is 0 Å². The number of nitrogens with one attached hydrogen (secondary N) is 2. The van der Waals surface area contributed by atoms with Gasteiger partial charge in [-0.25, -0.2) is 9.78 Å². The van der Waals surface area contributed by atoms with Crippen molar-refractivity contribution in [1.82, 2.24) is 15.2 Å². The predicted octanol–water partition coefficient (Wildman–Crippen LogP) is 4.13. The fourth-order valence-electron chi connectivity index (χ4n) is 4.52. The number of halogens is 3. The molecule has 0 bridgehead atoms. The van der Waals surface area contributed by atoms with Gasteiger partial charge in [-0.3, -0.25) is 4.79 Å². The van der Waals surface area contributed by atoms with Crippen molar-refractivity contribution in [2.24, 2.45) is 5.92 Å². The molecule has 1 aromatic carbocycles. The van der Waals surface area contributed by atoms with Crippen molar-refractivity contribution in [3.63, 3.8) is 0 Å². The van der Waals surface area contributed by atoms with Gasteiger partial charge in [-0.05, 0) is 49.9 Å². The normalized spacial score (nSPS) is 19.6. The minimum atomic E-state index is -4.50. The molecule has 0 spiro atoms. The summed E-state index contributed by atoms with van der Waals surface area (Å²) in [6.07, 6.45) is -0.667. The van der Waals surface area contributed by atoms with Crippen LogP contribution in [0.2, 0.25) is 0 Å². The van der Waals surface area contributed by atoms with Gasteiger partial charge in [0.15, 0.2) is 0 Å². The fourth-order valence-corrected chi connectivity index (χ4v) is 4.52. The van der Waals surface area contributed by atoms with E-state index in [1.807, 2.05) is 30.3 Å². The van der Waals surface area contributed by atoms with Crippen LogP contribution in [0.3, 0.4) is 0 Å². The van der Waals surface area contributed by atoms with Crippen LogP contribution >= 0.6 is 0 Å². The van der Waals surface area contributed by atoms with Crippen molar-refractivity contribution in [1.29, 1.82) is 0 Å². The van der Waals surface area contributed by atoms with Crippen molar-refractivity contribution in [2.75, 3.05) is 36.4 Å². The minimum absolute atomic E-state index is 0.0655. The van der Waals surface area contributed by atoms with E-state index in [4.69, 9.17) is 0 Å². The highest BCUT2D eigenvalue weighted by Gasteiger charge is 2.37. The number of aromatic nitrogens is 1. The number of pyridine rings is 1. The van der Waals surface area contributed by atoms with Gasteiger partial charge in [-0.15, -0.1) is 0 Å². The Morgan fingerprint density at radius 1 is 0.971 bits per heavy atom. The van der Waals surface area contributed by atoms with Crippen LogP contribution in [0.15, 0.2) is 48.7 Å². The van der Waals surface area contributed by atoms with E-state index in [9.17, 15) is 22.8 Å². The average molecular weight is 476 g/mol. The molecule has 7 nitrogen and oxygen atoms in total. The second kappa shape index (κ2) is 10.3. The number of rotatable bonds is 4.